The number of nitrogens with one attached hydrogen (secondary N) is 2. The zero-order chi connectivity index (χ0) is 22.1. The fourth-order valence-electron chi connectivity index (χ4n) is 5.14. The third-order valence-corrected chi connectivity index (χ3v) is 6.81. The highest BCUT2D eigenvalue weighted by atomic mass is 16.2. The minimum atomic E-state index is -0.583. The number of hydrogen-bond acceptors (Lipinski definition) is 5. The van der Waals surface area contributed by atoms with E-state index in [1.54, 1.807) is 4.90 Å². The molecule has 2 aromatic carbocycles. The van der Waals surface area contributed by atoms with Crippen molar-refractivity contribution < 1.29 is 14.4 Å². The minimum absolute atomic E-state index is 0.117. The Labute approximate surface area is 187 Å². The van der Waals surface area contributed by atoms with E-state index in [-0.39, 0.29) is 30.2 Å². The van der Waals surface area contributed by atoms with Crippen molar-refractivity contribution in [2.45, 2.75) is 44.4 Å². The van der Waals surface area contributed by atoms with Gasteiger partial charge >= 0.3 is 0 Å². The van der Waals surface area contributed by atoms with Crippen LogP contribution in [0.3, 0.4) is 0 Å². The summed E-state index contributed by atoms with van der Waals surface area (Å²) >= 11 is 0. The van der Waals surface area contributed by atoms with Gasteiger partial charge in [-0.15, -0.1) is 0 Å². The molecule has 3 amide bonds. The fraction of sp³-hybridized carbons (Fsp3) is 0.400. The first-order valence-corrected chi connectivity index (χ1v) is 11.4. The summed E-state index contributed by atoms with van der Waals surface area (Å²) in [6.07, 6.45) is 1.72. The number of hydrogen-bond donors (Lipinski definition) is 2. The molecule has 0 aromatic heterocycles. The summed E-state index contributed by atoms with van der Waals surface area (Å²) < 4.78 is 0. The van der Waals surface area contributed by atoms with Gasteiger partial charge in [0.1, 0.15) is 6.04 Å². The first-order valence-electron chi connectivity index (χ1n) is 11.4. The van der Waals surface area contributed by atoms with Crippen LogP contribution in [0, 0.1) is 0 Å². The minimum Gasteiger partial charge on any atom is -0.322 e. The van der Waals surface area contributed by atoms with Crippen molar-refractivity contribution in [1.29, 1.82) is 0 Å². The van der Waals surface area contributed by atoms with Crippen LogP contribution in [-0.4, -0.2) is 53.2 Å². The topological polar surface area (TPSA) is 81.8 Å². The monoisotopic (exact) mass is 432 g/mol. The number of fused-ring (bicyclic) bond motifs is 1. The second kappa shape index (κ2) is 8.84. The number of piperidine rings is 1. The zero-order valence-electron chi connectivity index (χ0n) is 18.0. The molecule has 0 radical (unpaired) electrons. The molecule has 0 bridgehead atoms. The van der Waals surface area contributed by atoms with Gasteiger partial charge in [-0.2, -0.15) is 0 Å². The molecule has 2 N–H and O–H groups in total. The summed E-state index contributed by atoms with van der Waals surface area (Å²) in [6, 6.07) is 16.1. The summed E-state index contributed by atoms with van der Waals surface area (Å²) in [5.74, 6) is -0.752. The van der Waals surface area contributed by atoms with Gasteiger partial charge in [0, 0.05) is 44.2 Å². The van der Waals surface area contributed by atoms with Crippen LogP contribution in [0.25, 0.3) is 0 Å². The molecule has 3 heterocycles. The summed E-state index contributed by atoms with van der Waals surface area (Å²) in [7, 11) is 0. The molecule has 166 valence electrons. The Balaban J connectivity index is 1.40. The van der Waals surface area contributed by atoms with Gasteiger partial charge in [-0.05, 0) is 42.1 Å². The Kier molecular flexibility index (Phi) is 5.76. The molecule has 2 atom stereocenters. The zero-order valence-corrected chi connectivity index (χ0v) is 18.0. The maximum Gasteiger partial charge on any atom is 0.255 e. The lowest BCUT2D eigenvalue weighted by molar-refractivity contribution is -0.136. The lowest BCUT2D eigenvalue weighted by Crippen LogP contribution is -2.52. The fourth-order valence-corrected chi connectivity index (χ4v) is 5.14. The normalized spacial score (nSPS) is 24.2. The molecule has 0 aliphatic carbocycles. The summed E-state index contributed by atoms with van der Waals surface area (Å²) in [6.45, 7) is 4.02. The van der Waals surface area contributed by atoms with Crippen LogP contribution in [0.5, 0.6) is 0 Å². The number of imide groups is 1. The van der Waals surface area contributed by atoms with Crippen LogP contribution >= 0.6 is 0 Å². The second-order valence-electron chi connectivity index (χ2n) is 8.80. The molecule has 5 rings (SSSR count). The molecule has 3 aliphatic heterocycles. The molecule has 0 saturated carbocycles. The molecule has 7 heteroatoms. The molecule has 3 aliphatic rings. The van der Waals surface area contributed by atoms with Crippen LogP contribution in [0.2, 0.25) is 0 Å². The van der Waals surface area contributed by atoms with Gasteiger partial charge in [0.05, 0.1) is 0 Å². The lowest BCUT2D eigenvalue weighted by Gasteiger charge is -2.31. The Morgan fingerprint density at radius 2 is 1.81 bits per heavy atom. The highest BCUT2D eigenvalue weighted by Gasteiger charge is 2.40. The van der Waals surface area contributed by atoms with Crippen molar-refractivity contribution in [2.75, 3.05) is 19.6 Å². The number of carbonyl (C=O) groups excluding carboxylic acids is 3. The van der Waals surface area contributed by atoms with Gasteiger partial charge in [0.25, 0.3) is 5.91 Å². The molecule has 0 spiro atoms. The van der Waals surface area contributed by atoms with E-state index in [0.29, 0.717) is 18.5 Å². The molecule has 2 unspecified atom stereocenters. The third-order valence-electron chi connectivity index (χ3n) is 6.81. The Morgan fingerprint density at radius 1 is 0.969 bits per heavy atom. The first kappa shape index (κ1) is 20.8. The smallest absolute Gasteiger partial charge is 0.255 e. The first-order chi connectivity index (χ1) is 15.6. The van der Waals surface area contributed by atoms with E-state index >= 15 is 0 Å². The standard InChI is InChI=1S/C25H28N4O3/c30-23-11-10-21(24(31)27-23)29-16-20-18(8-4-9-19(20)25(29)32)15-28-13-5-12-26-14-22(28)17-6-2-1-3-7-17/h1-4,6-9,21-22,26H,5,10-16H2,(H,27,30,31). The third kappa shape index (κ3) is 3.94. The van der Waals surface area contributed by atoms with Crippen LogP contribution in [0.1, 0.15) is 52.4 Å². The van der Waals surface area contributed by atoms with Gasteiger partial charge in [0.15, 0.2) is 0 Å². The highest BCUT2D eigenvalue weighted by Crippen LogP contribution is 2.32. The van der Waals surface area contributed by atoms with Crippen molar-refractivity contribution in [2.24, 2.45) is 0 Å². The Bertz CT molecular complexity index is 1040. The van der Waals surface area contributed by atoms with Gasteiger partial charge in [-0.25, -0.2) is 0 Å². The quantitative estimate of drug-likeness (QED) is 0.722. The van der Waals surface area contributed by atoms with Gasteiger partial charge in [-0.3, -0.25) is 24.6 Å². The van der Waals surface area contributed by atoms with Crippen molar-refractivity contribution in [3.63, 3.8) is 0 Å². The van der Waals surface area contributed by atoms with E-state index in [4.69, 9.17) is 0 Å². The van der Waals surface area contributed by atoms with E-state index in [2.05, 4.69) is 45.9 Å². The van der Waals surface area contributed by atoms with Gasteiger partial charge < -0.3 is 10.2 Å². The molecule has 2 aromatic rings. The SMILES string of the molecule is O=C1CCC(N2Cc3c(CN4CCCNCC4c4ccccc4)cccc3C2=O)C(=O)N1. The predicted molar refractivity (Wildman–Crippen MR) is 120 cm³/mol. The van der Waals surface area contributed by atoms with Crippen LogP contribution < -0.4 is 10.6 Å². The average molecular weight is 433 g/mol. The van der Waals surface area contributed by atoms with Gasteiger partial charge in [-0.1, -0.05) is 42.5 Å². The van der Waals surface area contributed by atoms with Crippen LogP contribution in [-0.2, 0) is 22.7 Å². The molecule has 2 saturated heterocycles. The van der Waals surface area contributed by atoms with Crippen LogP contribution in [0.15, 0.2) is 48.5 Å². The lowest BCUT2D eigenvalue weighted by atomic mass is 10.0. The van der Waals surface area contributed by atoms with E-state index in [1.807, 2.05) is 18.2 Å². The maximum atomic E-state index is 13.1. The highest BCUT2D eigenvalue weighted by molar-refractivity contribution is 6.05. The van der Waals surface area contributed by atoms with Crippen molar-refractivity contribution in [1.82, 2.24) is 20.4 Å². The molecule has 32 heavy (non-hydrogen) atoms. The van der Waals surface area contributed by atoms with E-state index in [9.17, 15) is 14.4 Å². The van der Waals surface area contributed by atoms with E-state index in [0.717, 1.165) is 43.7 Å². The summed E-state index contributed by atoms with van der Waals surface area (Å²) in [5, 5.41) is 5.93. The number of amides is 3. The van der Waals surface area contributed by atoms with Crippen molar-refractivity contribution in [3.05, 3.63) is 70.8 Å². The molecular weight excluding hydrogens is 404 g/mol. The Morgan fingerprint density at radius 3 is 2.62 bits per heavy atom. The number of nitrogens with zero attached hydrogens (tertiary/aromatic N) is 2. The average Bonchev–Trinajstić information content (AvgIpc) is 2.97. The number of carbonyl (C=O) groups is 3. The van der Waals surface area contributed by atoms with E-state index in [1.165, 1.54) is 5.56 Å². The van der Waals surface area contributed by atoms with Crippen molar-refractivity contribution >= 4 is 17.7 Å². The molecule has 2 fully saturated rings. The number of benzene rings is 2. The van der Waals surface area contributed by atoms with Crippen molar-refractivity contribution in [3.8, 4) is 0 Å². The van der Waals surface area contributed by atoms with Crippen LogP contribution in [0.4, 0.5) is 0 Å². The summed E-state index contributed by atoms with van der Waals surface area (Å²) in [5.41, 5.74) is 4.10. The number of rotatable bonds is 4. The van der Waals surface area contributed by atoms with E-state index < -0.39 is 6.04 Å². The van der Waals surface area contributed by atoms with Gasteiger partial charge in [0.2, 0.25) is 11.8 Å². The molecule has 7 nitrogen and oxygen atoms in total. The summed E-state index contributed by atoms with van der Waals surface area (Å²) in [4.78, 5) is 41.2. The Hall–Kier alpha value is -3.03. The predicted octanol–water partition coefficient (Wildman–Crippen LogP) is 1.98. The second-order valence-corrected chi connectivity index (χ2v) is 8.80. The molecular formula is C25H28N4O3. The largest absolute Gasteiger partial charge is 0.322 e. The maximum absolute atomic E-state index is 13.1.